The largest absolute Gasteiger partial charge is 0.411 e. The van der Waals surface area contributed by atoms with Gasteiger partial charge in [0.05, 0.1) is 5.56 Å². The maximum absolute atomic E-state index is 14.1. The average molecular weight is 321 g/mol. The van der Waals surface area contributed by atoms with E-state index >= 15 is 0 Å². The van der Waals surface area contributed by atoms with Crippen molar-refractivity contribution in [2.24, 2.45) is 5.92 Å². The van der Waals surface area contributed by atoms with Crippen LogP contribution < -0.4 is 5.32 Å². The molecule has 1 aromatic heterocycles. The minimum absolute atomic E-state index is 0.0270. The van der Waals surface area contributed by atoms with E-state index in [2.05, 4.69) is 28.1 Å². The van der Waals surface area contributed by atoms with Gasteiger partial charge in [0, 0.05) is 11.6 Å². The van der Waals surface area contributed by atoms with Crippen molar-refractivity contribution in [3.05, 3.63) is 24.0 Å². The van der Waals surface area contributed by atoms with E-state index in [4.69, 9.17) is 4.42 Å². The molecule has 0 bridgehead atoms. The number of amides is 1. The fraction of sp³-hybridized carbons (Fsp3) is 0.400. The van der Waals surface area contributed by atoms with Gasteiger partial charge < -0.3 is 9.73 Å². The lowest BCUT2D eigenvalue weighted by molar-refractivity contribution is -0.120. The lowest BCUT2D eigenvalue weighted by Gasteiger charge is -2.20. The zero-order chi connectivity index (χ0) is 15.5. The first kappa shape index (κ1) is 15.0. The average Bonchev–Trinajstić information content (AvgIpc) is 2.94. The molecule has 1 N–H and O–H groups in total. The molecular weight excluding hydrogens is 305 g/mol. The van der Waals surface area contributed by atoms with Crippen LogP contribution in [-0.2, 0) is 4.79 Å². The SMILES string of the molecule is O=C(Nc1ccc(-c2nnc(S)o2)c(F)c1)C1CCCCC1. The first-order valence-corrected chi connectivity index (χ1v) is 7.71. The number of thiol groups is 1. The smallest absolute Gasteiger partial charge is 0.273 e. The zero-order valence-electron chi connectivity index (χ0n) is 11.9. The molecule has 0 atom stereocenters. The van der Waals surface area contributed by atoms with Crippen LogP contribution in [0.15, 0.2) is 27.8 Å². The van der Waals surface area contributed by atoms with Gasteiger partial charge >= 0.3 is 0 Å². The molecule has 1 aliphatic rings. The standard InChI is InChI=1S/C15H16FN3O2S/c16-12-8-10(17-13(20)9-4-2-1-3-5-9)6-7-11(12)14-18-19-15(22)21-14/h6-9H,1-5H2,(H,17,20)(H,19,22). The molecule has 1 amide bonds. The number of hydrogen-bond acceptors (Lipinski definition) is 5. The highest BCUT2D eigenvalue weighted by atomic mass is 32.1. The predicted octanol–water partition coefficient (Wildman–Crippen LogP) is 3.68. The summed E-state index contributed by atoms with van der Waals surface area (Å²) in [6.45, 7) is 0. The third-order valence-electron chi connectivity index (χ3n) is 3.86. The summed E-state index contributed by atoms with van der Waals surface area (Å²) in [4.78, 5) is 12.2. The molecule has 0 unspecified atom stereocenters. The Balaban J connectivity index is 1.73. The summed E-state index contributed by atoms with van der Waals surface area (Å²) in [6.07, 6.45) is 5.14. The third-order valence-corrected chi connectivity index (χ3v) is 4.04. The van der Waals surface area contributed by atoms with E-state index in [1.54, 1.807) is 6.07 Å². The molecule has 1 fully saturated rings. The van der Waals surface area contributed by atoms with E-state index in [9.17, 15) is 9.18 Å². The van der Waals surface area contributed by atoms with Crippen LogP contribution >= 0.6 is 12.6 Å². The molecule has 2 aromatic rings. The summed E-state index contributed by atoms with van der Waals surface area (Å²) in [7, 11) is 0. The van der Waals surface area contributed by atoms with Gasteiger partial charge in [0.2, 0.25) is 5.91 Å². The quantitative estimate of drug-likeness (QED) is 0.846. The zero-order valence-corrected chi connectivity index (χ0v) is 12.8. The number of benzene rings is 1. The first-order valence-electron chi connectivity index (χ1n) is 7.27. The van der Waals surface area contributed by atoms with Gasteiger partial charge in [0.25, 0.3) is 11.1 Å². The number of rotatable bonds is 3. The van der Waals surface area contributed by atoms with Crippen LogP contribution in [0.4, 0.5) is 10.1 Å². The molecule has 0 radical (unpaired) electrons. The molecular formula is C15H16FN3O2S. The highest BCUT2D eigenvalue weighted by molar-refractivity contribution is 7.80. The number of hydrogen-bond donors (Lipinski definition) is 2. The maximum atomic E-state index is 14.1. The summed E-state index contributed by atoms with van der Waals surface area (Å²) in [5, 5.41) is 10.1. The first-order chi connectivity index (χ1) is 10.6. The number of halogens is 1. The van der Waals surface area contributed by atoms with E-state index in [0.29, 0.717) is 5.69 Å². The number of nitrogens with one attached hydrogen (secondary N) is 1. The molecule has 3 rings (SSSR count). The Labute approximate surface area is 132 Å². The van der Waals surface area contributed by atoms with Gasteiger partial charge in [0.1, 0.15) is 5.82 Å². The van der Waals surface area contributed by atoms with Crippen molar-refractivity contribution >= 4 is 24.2 Å². The van der Waals surface area contributed by atoms with Crippen molar-refractivity contribution in [2.45, 2.75) is 37.3 Å². The summed E-state index contributed by atoms with van der Waals surface area (Å²) in [6, 6.07) is 4.40. The van der Waals surface area contributed by atoms with Crippen LogP contribution in [0.5, 0.6) is 0 Å². The predicted molar refractivity (Wildman–Crippen MR) is 82.1 cm³/mol. The molecule has 0 saturated heterocycles. The molecule has 116 valence electrons. The molecule has 1 aromatic carbocycles. The lowest BCUT2D eigenvalue weighted by atomic mass is 9.88. The minimum Gasteiger partial charge on any atom is -0.411 e. The Morgan fingerprint density at radius 2 is 2.05 bits per heavy atom. The fourth-order valence-electron chi connectivity index (χ4n) is 2.70. The van der Waals surface area contributed by atoms with Gasteiger partial charge in [-0.3, -0.25) is 4.79 Å². The molecule has 7 heteroatoms. The van der Waals surface area contributed by atoms with Crippen molar-refractivity contribution in [1.82, 2.24) is 10.2 Å². The van der Waals surface area contributed by atoms with E-state index in [-0.39, 0.29) is 28.5 Å². The van der Waals surface area contributed by atoms with Crippen LogP contribution in [0.1, 0.15) is 32.1 Å². The van der Waals surface area contributed by atoms with E-state index < -0.39 is 5.82 Å². The Morgan fingerprint density at radius 1 is 1.27 bits per heavy atom. The fourth-order valence-corrected chi connectivity index (χ4v) is 2.83. The number of carbonyl (C=O) groups is 1. The molecule has 0 aliphatic heterocycles. The van der Waals surface area contributed by atoms with Crippen molar-refractivity contribution in [3.8, 4) is 11.5 Å². The van der Waals surface area contributed by atoms with Gasteiger partial charge in [-0.15, -0.1) is 10.2 Å². The van der Waals surface area contributed by atoms with Crippen molar-refractivity contribution in [3.63, 3.8) is 0 Å². The monoisotopic (exact) mass is 321 g/mol. The van der Waals surface area contributed by atoms with Gasteiger partial charge in [0.15, 0.2) is 0 Å². The lowest BCUT2D eigenvalue weighted by Crippen LogP contribution is -2.24. The van der Waals surface area contributed by atoms with Crippen LogP contribution in [0.2, 0.25) is 0 Å². The second kappa shape index (κ2) is 6.48. The Hall–Kier alpha value is -1.89. The third kappa shape index (κ3) is 3.30. The van der Waals surface area contributed by atoms with Gasteiger partial charge in [-0.05, 0) is 31.0 Å². The number of carbonyl (C=O) groups excluding carboxylic acids is 1. The van der Waals surface area contributed by atoms with E-state index in [0.717, 1.165) is 25.7 Å². The normalized spacial score (nSPS) is 15.7. The molecule has 1 saturated carbocycles. The van der Waals surface area contributed by atoms with Crippen LogP contribution in [0.25, 0.3) is 11.5 Å². The van der Waals surface area contributed by atoms with Crippen LogP contribution in [-0.4, -0.2) is 16.1 Å². The molecule has 0 spiro atoms. The van der Waals surface area contributed by atoms with Crippen molar-refractivity contribution < 1.29 is 13.6 Å². The van der Waals surface area contributed by atoms with Gasteiger partial charge in [-0.1, -0.05) is 31.9 Å². The number of nitrogens with zero attached hydrogens (tertiary/aromatic N) is 2. The van der Waals surface area contributed by atoms with Crippen LogP contribution in [0, 0.1) is 11.7 Å². The second-order valence-electron chi connectivity index (χ2n) is 5.41. The van der Waals surface area contributed by atoms with Crippen LogP contribution in [0.3, 0.4) is 0 Å². The van der Waals surface area contributed by atoms with E-state index in [1.807, 2.05) is 0 Å². The van der Waals surface area contributed by atoms with E-state index in [1.165, 1.54) is 18.6 Å². The highest BCUT2D eigenvalue weighted by Crippen LogP contribution is 2.27. The number of aromatic nitrogens is 2. The molecule has 1 aliphatic carbocycles. The number of anilines is 1. The summed E-state index contributed by atoms with van der Waals surface area (Å²) >= 11 is 3.89. The Bertz CT molecular complexity index is 683. The minimum atomic E-state index is -0.529. The summed E-state index contributed by atoms with van der Waals surface area (Å²) in [5.74, 6) is -0.479. The molecule has 1 heterocycles. The second-order valence-corrected chi connectivity index (χ2v) is 5.79. The highest BCUT2D eigenvalue weighted by Gasteiger charge is 2.21. The Morgan fingerprint density at radius 3 is 2.68 bits per heavy atom. The summed E-state index contributed by atoms with van der Waals surface area (Å²) in [5.41, 5.74) is 0.617. The molecule has 22 heavy (non-hydrogen) atoms. The molecule has 5 nitrogen and oxygen atoms in total. The van der Waals surface area contributed by atoms with Gasteiger partial charge in [-0.25, -0.2) is 4.39 Å². The van der Waals surface area contributed by atoms with Crippen molar-refractivity contribution in [2.75, 3.05) is 5.32 Å². The van der Waals surface area contributed by atoms with Gasteiger partial charge in [-0.2, -0.15) is 0 Å². The van der Waals surface area contributed by atoms with Crippen molar-refractivity contribution in [1.29, 1.82) is 0 Å². The topological polar surface area (TPSA) is 68.0 Å². The summed E-state index contributed by atoms with van der Waals surface area (Å²) < 4.78 is 19.2. The Kier molecular flexibility index (Phi) is 4.42. The maximum Gasteiger partial charge on any atom is 0.273 e.